The van der Waals surface area contributed by atoms with E-state index in [0.717, 1.165) is 57.2 Å². The van der Waals surface area contributed by atoms with Crippen LogP contribution in [-0.4, -0.2) is 22.6 Å². The van der Waals surface area contributed by atoms with Crippen molar-refractivity contribution in [2.24, 2.45) is 5.73 Å². The van der Waals surface area contributed by atoms with Crippen molar-refractivity contribution in [2.75, 3.05) is 18.4 Å². The summed E-state index contributed by atoms with van der Waals surface area (Å²) >= 11 is 11.0. The van der Waals surface area contributed by atoms with E-state index < -0.39 is 0 Å². The van der Waals surface area contributed by atoms with E-state index in [0.29, 0.717) is 6.54 Å². The van der Waals surface area contributed by atoms with Gasteiger partial charge in [-0.15, -0.1) is 12.4 Å². The van der Waals surface area contributed by atoms with E-state index >= 15 is 0 Å². The number of benzene rings is 1. The normalized spacial score (nSPS) is 13.3. The number of imidazole rings is 1. The molecule has 3 rings (SSSR count). The standard InChI is InChI=1S/C13H15Br3N4.ClH/c14-8-7-3-1-6-20-12(7)11(10(16)9(8)15)19-13(20)18-5-2-4-17;/h1-6,17H2,(H,18,19);1H. The minimum absolute atomic E-state index is 0. The van der Waals surface area contributed by atoms with Gasteiger partial charge < -0.3 is 15.6 Å². The molecule has 3 N–H and O–H groups in total. The second-order valence-electron chi connectivity index (χ2n) is 4.88. The van der Waals surface area contributed by atoms with Crippen LogP contribution in [0.4, 0.5) is 5.95 Å². The van der Waals surface area contributed by atoms with Gasteiger partial charge in [-0.05, 0) is 79.2 Å². The molecule has 2 heterocycles. The number of hydrogen-bond acceptors (Lipinski definition) is 3. The Morgan fingerprint density at radius 3 is 2.67 bits per heavy atom. The van der Waals surface area contributed by atoms with Gasteiger partial charge in [0.2, 0.25) is 5.95 Å². The molecule has 8 heteroatoms. The van der Waals surface area contributed by atoms with Crippen LogP contribution in [0.5, 0.6) is 0 Å². The van der Waals surface area contributed by atoms with Crippen molar-refractivity contribution < 1.29 is 0 Å². The first-order valence-electron chi connectivity index (χ1n) is 6.64. The minimum Gasteiger partial charge on any atom is -0.356 e. The number of rotatable bonds is 4. The lowest BCUT2D eigenvalue weighted by molar-refractivity contribution is 0.633. The lowest BCUT2D eigenvalue weighted by Gasteiger charge is -2.19. The van der Waals surface area contributed by atoms with Gasteiger partial charge in [0, 0.05) is 22.0 Å². The van der Waals surface area contributed by atoms with E-state index in [1.165, 1.54) is 11.1 Å². The van der Waals surface area contributed by atoms with Crippen LogP contribution in [0.25, 0.3) is 11.0 Å². The third-order valence-electron chi connectivity index (χ3n) is 3.58. The maximum Gasteiger partial charge on any atom is 0.203 e. The lowest BCUT2D eigenvalue weighted by Crippen LogP contribution is -2.15. The van der Waals surface area contributed by atoms with Gasteiger partial charge in [-0.3, -0.25) is 0 Å². The highest BCUT2D eigenvalue weighted by Crippen LogP contribution is 2.43. The predicted molar refractivity (Wildman–Crippen MR) is 101 cm³/mol. The summed E-state index contributed by atoms with van der Waals surface area (Å²) in [6.45, 7) is 2.56. The molecule has 1 aliphatic heterocycles. The largest absolute Gasteiger partial charge is 0.356 e. The SMILES string of the molecule is Cl.NCCCNc1nc2c(Br)c(Br)c(Br)c3c2n1CCC3. The fraction of sp³-hybridized carbons (Fsp3) is 0.462. The Morgan fingerprint density at radius 2 is 1.95 bits per heavy atom. The van der Waals surface area contributed by atoms with Crippen LogP contribution >= 0.6 is 60.2 Å². The van der Waals surface area contributed by atoms with Gasteiger partial charge in [0.05, 0.1) is 9.99 Å². The van der Waals surface area contributed by atoms with Crippen molar-refractivity contribution in [1.82, 2.24) is 9.55 Å². The molecule has 0 amide bonds. The molecule has 116 valence electrons. The van der Waals surface area contributed by atoms with Crippen molar-refractivity contribution in [2.45, 2.75) is 25.8 Å². The third-order valence-corrected chi connectivity index (χ3v) is 7.09. The van der Waals surface area contributed by atoms with Crippen LogP contribution in [-0.2, 0) is 13.0 Å². The summed E-state index contributed by atoms with van der Waals surface area (Å²) in [5.41, 5.74) is 9.13. The second kappa shape index (κ2) is 7.17. The fourth-order valence-electron chi connectivity index (χ4n) is 2.65. The number of anilines is 1. The predicted octanol–water partition coefficient (Wildman–Crippen LogP) is 4.45. The maximum atomic E-state index is 5.55. The molecular formula is C13H16Br3ClN4. The Kier molecular flexibility index (Phi) is 5.99. The molecule has 0 unspecified atom stereocenters. The first kappa shape index (κ1) is 17.5. The van der Waals surface area contributed by atoms with Crippen molar-refractivity contribution in [3.8, 4) is 0 Å². The number of aryl methyl sites for hydroxylation is 2. The molecule has 1 aliphatic rings. The van der Waals surface area contributed by atoms with Crippen LogP contribution < -0.4 is 11.1 Å². The monoisotopic (exact) mass is 500 g/mol. The number of nitrogens with two attached hydrogens (primary N) is 1. The molecule has 0 saturated heterocycles. The molecule has 4 nitrogen and oxygen atoms in total. The average Bonchev–Trinajstić information content (AvgIpc) is 2.83. The summed E-state index contributed by atoms with van der Waals surface area (Å²) in [4.78, 5) is 4.77. The van der Waals surface area contributed by atoms with E-state index in [1.54, 1.807) is 0 Å². The van der Waals surface area contributed by atoms with E-state index in [1.807, 2.05) is 0 Å². The summed E-state index contributed by atoms with van der Waals surface area (Å²) in [6.07, 6.45) is 3.16. The zero-order valence-corrected chi connectivity index (χ0v) is 16.8. The highest BCUT2D eigenvalue weighted by molar-refractivity contribution is 9.14. The first-order chi connectivity index (χ1) is 9.65. The second-order valence-corrected chi connectivity index (χ2v) is 7.26. The van der Waals surface area contributed by atoms with Gasteiger partial charge in [-0.25, -0.2) is 4.98 Å². The Bertz CT molecular complexity index is 671. The number of aromatic nitrogens is 2. The van der Waals surface area contributed by atoms with Crippen LogP contribution in [0.3, 0.4) is 0 Å². The Morgan fingerprint density at radius 1 is 1.19 bits per heavy atom. The van der Waals surface area contributed by atoms with Crippen molar-refractivity contribution in [1.29, 1.82) is 0 Å². The zero-order valence-electron chi connectivity index (χ0n) is 11.3. The molecule has 0 saturated carbocycles. The number of halogens is 4. The van der Waals surface area contributed by atoms with E-state index in [2.05, 4.69) is 57.7 Å². The lowest BCUT2D eigenvalue weighted by atomic mass is 10.0. The highest BCUT2D eigenvalue weighted by Gasteiger charge is 2.24. The van der Waals surface area contributed by atoms with E-state index in [4.69, 9.17) is 10.7 Å². The van der Waals surface area contributed by atoms with Crippen LogP contribution in [0.15, 0.2) is 13.4 Å². The topological polar surface area (TPSA) is 55.9 Å². The maximum absolute atomic E-state index is 5.55. The van der Waals surface area contributed by atoms with Gasteiger partial charge >= 0.3 is 0 Å². The third kappa shape index (κ3) is 3.00. The molecule has 0 aliphatic carbocycles. The molecular weight excluding hydrogens is 487 g/mol. The van der Waals surface area contributed by atoms with Gasteiger partial charge in [-0.1, -0.05) is 0 Å². The Hall–Kier alpha value is 0.180. The number of hydrogen-bond donors (Lipinski definition) is 2. The minimum atomic E-state index is 0. The van der Waals surface area contributed by atoms with Gasteiger partial charge in [0.1, 0.15) is 5.52 Å². The van der Waals surface area contributed by atoms with Crippen LogP contribution in [0.2, 0.25) is 0 Å². The highest BCUT2D eigenvalue weighted by atomic mass is 79.9. The quantitative estimate of drug-likeness (QED) is 0.479. The molecule has 1 aromatic heterocycles. The van der Waals surface area contributed by atoms with Crippen LogP contribution in [0.1, 0.15) is 18.4 Å². The zero-order chi connectivity index (χ0) is 14.3. The van der Waals surface area contributed by atoms with Gasteiger partial charge in [-0.2, -0.15) is 0 Å². The van der Waals surface area contributed by atoms with Crippen molar-refractivity contribution >= 4 is 77.2 Å². The van der Waals surface area contributed by atoms with E-state index in [-0.39, 0.29) is 12.4 Å². The van der Waals surface area contributed by atoms with Crippen molar-refractivity contribution in [3.63, 3.8) is 0 Å². The molecule has 0 bridgehead atoms. The molecule has 1 aromatic carbocycles. The first-order valence-corrected chi connectivity index (χ1v) is 9.02. The fourth-order valence-corrected chi connectivity index (χ4v) is 4.40. The smallest absolute Gasteiger partial charge is 0.203 e. The number of nitrogens with zero attached hydrogens (tertiary/aromatic N) is 2. The Balaban J connectivity index is 0.00000161. The van der Waals surface area contributed by atoms with Crippen molar-refractivity contribution in [3.05, 3.63) is 19.0 Å². The molecule has 0 spiro atoms. The summed E-state index contributed by atoms with van der Waals surface area (Å²) in [6, 6.07) is 0. The summed E-state index contributed by atoms with van der Waals surface area (Å²) < 4.78 is 5.46. The summed E-state index contributed by atoms with van der Waals surface area (Å²) in [7, 11) is 0. The molecule has 0 radical (unpaired) electrons. The van der Waals surface area contributed by atoms with Crippen LogP contribution in [0, 0.1) is 0 Å². The average molecular weight is 503 g/mol. The van der Waals surface area contributed by atoms with E-state index in [9.17, 15) is 0 Å². The molecule has 2 aromatic rings. The number of nitrogens with one attached hydrogen (secondary N) is 1. The van der Waals surface area contributed by atoms with Gasteiger partial charge in [0.15, 0.2) is 0 Å². The molecule has 21 heavy (non-hydrogen) atoms. The molecule has 0 fully saturated rings. The van der Waals surface area contributed by atoms with Gasteiger partial charge in [0.25, 0.3) is 0 Å². The molecule has 0 atom stereocenters. The summed E-state index contributed by atoms with van der Waals surface area (Å²) in [5.74, 6) is 0.945. The Labute approximate surface area is 155 Å². The summed E-state index contributed by atoms with van der Waals surface area (Å²) in [5, 5.41) is 3.40.